The van der Waals surface area contributed by atoms with Crippen molar-refractivity contribution >= 4 is 33.8 Å². The lowest BCUT2D eigenvalue weighted by Crippen LogP contribution is -2.18. The van der Waals surface area contributed by atoms with Crippen LogP contribution in [-0.2, 0) is 9.53 Å². The van der Waals surface area contributed by atoms with E-state index in [2.05, 4.69) is 10.6 Å². The fraction of sp³-hybridized carbons (Fsp3) is 0.400. The second kappa shape index (κ2) is 8.28. The number of anilines is 2. The molecule has 148 valence electrons. The highest BCUT2D eigenvalue weighted by molar-refractivity contribution is 7.18. The summed E-state index contributed by atoms with van der Waals surface area (Å²) in [7, 11) is 0. The summed E-state index contributed by atoms with van der Waals surface area (Å²) in [6.45, 7) is 1.07. The number of rotatable bonds is 7. The van der Waals surface area contributed by atoms with Gasteiger partial charge in [-0.3, -0.25) is 9.59 Å². The van der Waals surface area contributed by atoms with Gasteiger partial charge in [0.2, 0.25) is 5.91 Å². The second-order valence-electron chi connectivity index (χ2n) is 6.97. The van der Waals surface area contributed by atoms with Gasteiger partial charge in [0.05, 0.1) is 21.7 Å². The van der Waals surface area contributed by atoms with E-state index in [1.54, 1.807) is 12.1 Å². The van der Waals surface area contributed by atoms with Crippen molar-refractivity contribution in [1.29, 1.82) is 0 Å². The van der Waals surface area contributed by atoms with Crippen LogP contribution in [0.4, 0.5) is 15.1 Å². The first-order valence-electron chi connectivity index (χ1n) is 9.34. The van der Waals surface area contributed by atoms with Gasteiger partial charge in [-0.1, -0.05) is 0 Å². The molecule has 2 aliphatic rings. The minimum atomic E-state index is -0.469. The van der Waals surface area contributed by atoms with Crippen LogP contribution < -0.4 is 15.4 Å². The number of hydrogen-bond acceptors (Lipinski definition) is 5. The Bertz CT molecular complexity index is 875. The number of amides is 2. The zero-order chi connectivity index (χ0) is 19.5. The van der Waals surface area contributed by atoms with Crippen LogP contribution in [0.25, 0.3) is 0 Å². The molecule has 2 heterocycles. The van der Waals surface area contributed by atoms with Gasteiger partial charge < -0.3 is 20.1 Å². The Morgan fingerprint density at radius 1 is 1.18 bits per heavy atom. The van der Waals surface area contributed by atoms with E-state index in [4.69, 9.17) is 9.47 Å². The Morgan fingerprint density at radius 3 is 2.79 bits per heavy atom. The fourth-order valence-electron chi connectivity index (χ4n) is 2.96. The lowest BCUT2D eigenvalue weighted by molar-refractivity contribution is -0.117. The van der Waals surface area contributed by atoms with Gasteiger partial charge in [0, 0.05) is 18.6 Å². The highest BCUT2D eigenvalue weighted by atomic mass is 32.1. The predicted octanol–water partition coefficient (Wildman–Crippen LogP) is 4.05. The maximum atomic E-state index is 13.7. The van der Waals surface area contributed by atoms with Gasteiger partial charge in [0.25, 0.3) is 5.91 Å². The maximum absolute atomic E-state index is 13.7. The second-order valence-corrected chi connectivity index (χ2v) is 8.05. The quantitative estimate of drug-likeness (QED) is 0.730. The van der Waals surface area contributed by atoms with E-state index >= 15 is 0 Å². The van der Waals surface area contributed by atoms with E-state index in [1.165, 1.54) is 29.5 Å². The first-order chi connectivity index (χ1) is 13.6. The van der Waals surface area contributed by atoms with Crippen LogP contribution in [0.1, 0.15) is 35.4 Å². The SMILES string of the molecule is O=C(Nc1cc(F)ccc1OCC1CCCO1)c1ccc(NC(=O)C2CC2)s1. The summed E-state index contributed by atoms with van der Waals surface area (Å²) in [5.74, 6) is -0.379. The molecule has 1 aromatic heterocycles. The van der Waals surface area contributed by atoms with Crippen LogP contribution in [-0.4, -0.2) is 31.1 Å². The first kappa shape index (κ1) is 18.9. The average Bonchev–Trinajstić information content (AvgIpc) is 3.20. The van der Waals surface area contributed by atoms with Crippen molar-refractivity contribution in [2.75, 3.05) is 23.8 Å². The molecule has 1 aliphatic heterocycles. The monoisotopic (exact) mass is 404 g/mol. The smallest absolute Gasteiger partial charge is 0.265 e. The van der Waals surface area contributed by atoms with Crippen molar-refractivity contribution in [2.45, 2.75) is 31.8 Å². The largest absolute Gasteiger partial charge is 0.489 e. The third-order valence-corrected chi connectivity index (χ3v) is 5.66. The van der Waals surface area contributed by atoms with Crippen molar-refractivity contribution < 1.29 is 23.5 Å². The normalized spacial score (nSPS) is 18.7. The molecule has 28 heavy (non-hydrogen) atoms. The molecule has 1 unspecified atom stereocenters. The Kier molecular flexibility index (Phi) is 5.59. The van der Waals surface area contributed by atoms with E-state index in [1.807, 2.05) is 0 Å². The van der Waals surface area contributed by atoms with Crippen molar-refractivity contribution in [3.8, 4) is 5.75 Å². The molecule has 1 aliphatic carbocycles. The molecule has 1 atom stereocenters. The van der Waals surface area contributed by atoms with Gasteiger partial charge >= 0.3 is 0 Å². The molecule has 2 fully saturated rings. The lowest BCUT2D eigenvalue weighted by atomic mass is 10.2. The topological polar surface area (TPSA) is 76.7 Å². The summed E-state index contributed by atoms with van der Waals surface area (Å²) in [6, 6.07) is 7.34. The van der Waals surface area contributed by atoms with Crippen LogP contribution in [0, 0.1) is 11.7 Å². The minimum absolute atomic E-state index is 0.0104. The summed E-state index contributed by atoms with van der Waals surface area (Å²) in [5, 5.41) is 6.14. The van der Waals surface area contributed by atoms with Crippen molar-refractivity contribution in [1.82, 2.24) is 0 Å². The predicted molar refractivity (Wildman–Crippen MR) is 104 cm³/mol. The molecule has 8 heteroatoms. The van der Waals surface area contributed by atoms with Crippen molar-refractivity contribution in [2.24, 2.45) is 5.92 Å². The number of thiophene rings is 1. The number of halogens is 1. The molecular formula is C20H21FN2O4S. The van der Waals surface area contributed by atoms with E-state index in [0.717, 1.165) is 32.3 Å². The standard InChI is InChI=1S/C20H21FN2O4S/c21-13-5-6-16(27-11-14-2-1-9-26-14)15(10-13)22-20(25)17-7-8-18(28-17)23-19(24)12-3-4-12/h5-8,10,12,14H,1-4,9,11H2,(H,22,25)(H,23,24). The third kappa shape index (κ3) is 4.69. The molecule has 4 rings (SSSR count). The zero-order valence-electron chi connectivity index (χ0n) is 15.2. The van der Waals surface area contributed by atoms with E-state index < -0.39 is 5.82 Å². The number of ether oxygens (including phenoxy) is 2. The third-order valence-electron chi connectivity index (χ3n) is 4.66. The number of nitrogens with one attached hydrogen (secondary N) is 2. The molecule has 2 amide bonds. The first-order valence-corrected chi connectivity index (χ1v) is 10.2. The minimum Gasteiger partial charge on any atom is -0.489 e. The Morgan fingerprint density at radius 2 is 2.04 bits per heavy atom. The number of carbonyl (C=O) groups excluding carboxylic acids is 2. The molecule has 0 bridgehead atoms. The fourth-order valence-corrected chi connectivity index (χ4v) is 3.77. The Labute approximate surface area is 166 Å². The molecular weight excluding hydrogens is 383 g/mol. The van der Waals surface area contributed by atoms with Crippen molar-refractivity contribution in [3.05, 3.63) is 41.0 Å². The van der Waals surface area contributed by atoms with Gasteiger partial charge in [0.1, 0.15) is 18.2 Å². The van der Waals surface area contributed by atoms with Crippen LogP contribution >= 0.6 is 11.3 Å². The molecule has 2 aromatic rings. The molecule has 1 aromatic carbocycles. The molecule has 1 saturated carbocycles. The summed E-state index contributed by atoms with van der Waals surface area (Å²) in [5.41, 5.74) is 0.264. The molecule has 2 N–H and O–H groups in total. The van der Waals surface area contributed by atoms with Gasteiger partial charge in [-0.25, -0.2) is 4.39 Å². The Balaban J connectivity index is 1.41. The highest BCUT2D eigenvalue weighted by Gasteiger charge is 2.30. The average molecular weight is 404 g/mol. The molecule has 0 spiro atoms. The molecule has 1 saturated heterocycles. The van der Waals surface area contributed by atoms with Gasteiger partial charge in [-0.05, 0) is 49.9 Å². The van der Waals surface area contributed by atoms with Crippen molar-refractivity contribution in [3.63, 3.8) is 0 Å². The maximum Gasteiger partial charge on any atom is 0.265 e. The van der Waals surface area contributed by atoms with E-state index in [9.17, 15) is 14.0 Å². The van der Waals surface area contributed by atoms with Crippen LogP contribution in [0.3, 0.4) is 0 Å². The molecule has 6 nitrogen and oxygen atoms in total. The highest BCUT2D eigenvalue weighted by Crippen LogP contribution is 2.32. The van der Waals surface area contributed by atoms with E-state index in [0.29, 0.717) is 22.2 Å². The summed E-state index contributed by atoms with van der Waals surface area (Å²) in [6.07, 6.45) is 3.77. The van der Waals surface area contributed by atoms with Crippen LogP contribution in [0.5, 0.6) is 5.75 Å². The zero-order valence-corrected chi connectivity index (χ0v) is 16.0. The van der Waals surface area contributed by atoms with Gasteiger partial charge in [-0.2, -0.15) is 0 Å². The summed E-state index contributed by atoms with van der Waals surface area (Å²) < 4.78 is 25.0. The number of benzene rings is 1. The van der Waals surface area contributed by atoms with Crippen LogP contribution in [0.15, 0.2) is 30.3 Å². The van der Waals surface area contributed by atoms with E-state index in [-0.39, 0.29) is 29.5 Å². The lowest BCUT2D eigenvalue weighted by Gasteiger charge is -2.15. The molecule has 0 radical (unpaired) electrons. The van der Waals surface area contributed by atoms with Gasteiger partial charge in [-0.15, -0.1) is 11.3 Å². The summed E-state index contributed by atoms with van der Waals surface area (Å²) in [4.78, 5) is 24.8. The Hall–Kier alpha value is -2.45. The van der Waals surface area contributed by atoms with Gasteiger partial charge in [0.15, 0.2) is 0 Å². The van der Waals surface area contributed by atoms with Crippen LogP contribution in [0.2, 0.25) is 0 Å². The number of hydrogen-bond donors (Lipinski definition) is 2. The number of carbonyl (C=O) groups is 2. The summed E-state index contributed by atoms with van der Waals surface area (Å²) >= 11 is 1.18.